The van der Waals surface area contributed by atoms with Crippen LogP contribution in [0.2, 0.25) is 0 Å². The largest absolute Gasteiger partial charge is 0.458 e. The number of carbonyl (C=O) groups is 2. The van der Waals surface area contributed by atoms with Crippen LogP contribution >= 0.6 is 0 Å². The molecule has 0 N–H and O–H groups in total. The summed E-state index contributed by atoms with van der Waals surface area (Å²) in [6.07, 6.45) is -0.579. The van der Waals surface area contributed by atoms with E-state index in [4.69, 9.17) is 9.47 Å². The summed E-state index contributed by atoms with van der Waals surface area (Å²) in [5.74, 6) is -0.283. The fourth-order valence-corrected chi connectivity index (χ4v) is 5.39. The van der Waals surface area contributed by atoms with E-state index in [0.29, 0.717) is 5.56 Å². The number of sulfonamides is 1. The first kappa shape index (κ1) is 28.6. The van der Waals surface area contributed by atoms with Gasteiger partial charge in [0, 0.05) is 39.8 Å². The molecule has 0 aromatic heterocycles. The van der Waals surface area contributed by atoms with E-state index < -0.39 is 33.2 Å². The monoisotopic (exact) mass is 531 g/mol. The number of nitrogens with zero attached hydrogens (tertiary/aromatic N) is 3. The summed E-state index contributed by atoms with van der Waals surface area (Å²) in [4.78, 5) is 29.4. The SMILES string of the molecule is Cc1ccc(S(=O)(=O)N(C)C2CN(C(C)(C(=O)OC(C)(C)C)c3ccccc3OC(=O)N(C)C)C2)cc1. The Balaban J connectivity index is 1.94. The van der Waals surface area contributed by atoms with E-state index in [9.17, 15) is 18.0 Å². The van der Waals surface area contributed by atoms with E-state index in [1.165, 1.54) is 9.21 Å². The molecule has 10 heteroatoms. The highest BCUT2D eigenvalue weighted by atomic mass is 32.2. The molecule has 1 atom stereocenters. The van der Waals surface area contributed by atoms with Crippen LogP contribution < -0.4 is 4.74 Å². The lowest BCUT2D eigenvalue weighted by Gasteiger charge is -2.51. The van der Waals surface area contributed by atoms with Gasteiger partial charge in [-0.05, 0) is 52.8 Å². The summed E-state index contributed by atoms with van der Waals surface area (Å²) in [5, 5.41) is 0. The van der Waals surface area contributed by atoms with Crippen molar-refractivity contribution < 1.29 is 27.5 Å². The first-order valence-electron chi connectivity index (χ1n) is 12.1. The van der Waals surface area contributed by atoms with E-state index in [1.54, 1.807) is 97.4 Å². The van der Waals surface area contributed by atoms with Crippen LogP contribution in [-0.4, -0.2) is 80.5 Å². The van der Waals surface area contributed by atoms with Gasteiger partial charge in [-0.3, -0.25) is 4.90 Å². The summed E-state index contributed by atoms with van der Waals surface area (Å²) < 4.78 is 39.2. The van der Waals surface area contributed by atoms with E-state index >= 15 is 0 Å². The van der Waals surface area contributed by atoms with Gasteiger partial charge in [-0.15, -0.1) is 0 Å². The molecular weight excluding hydrogens is 494 g/mol. The van der Waals surface area contributed by atoms with Crippen molar-refractivity contribution in [3.63, 3.8) is 0 Å². The summed E-state index contributed by atoms with van der Waals surface area (Å²) >= 11 is 0. The van der Waals surface area contributed by atoms with Crippen LogP contribution in [-0.2, 0) is 25.1 Å². The molecule has 0 spiro atoms. The van der Waals surface area contributed by atoms with Crippen molar-refractivity contribution in [2.75, 3.05) is 34.2 Å². The maximum atomic E-state index is 13.7. The molecular formula is C27H37N3O6S. The Kier molecular flexibility index (Phi) is 8.07. The van der Waals surface area contributed by atoms with Gasteiger partial charge in [0.1, 0.15) is 16.9 Å². The zero-order valence-electron chi connectivity index (χ0n) is 22.8. The molecule has 0 radical (unpaired) electrons. The number of hydrogen-bond acceptors (Lipinski definition) is 7. The lowest BCUT2D eigenvalue weighted by molar-refractivity contribution is -0.175. The molecule has 1 unspecified atom stereocenters. The zero-order valence-corrected chi connectivity index (χ0v) is 23.6. The topological polar surface area (TPSA) is 96.5 Å². The molecule has 3 rings (SSSR count). The number of likely N-dealkylation sites (N-methyl/N-ethyl adjacent to an activating group) is 1. The first-order valence-corrected chi connectivity index (χ1v) is 13.5. The van der Waals surface area contributed by atoms with Gasteiger partial charge in [0.05, 0.1) is 10.9 Å². The fourth-order valence-electron chi connectivity index (χ4n) is 4.05. The number of esters is 1. The standard InChI is InChI=1S/C27H37N3O6S/c1-19-13-15-21(16-14-19)37(33,34)29(8)20-17-30(18-20)27(5,24(31)36-26(2,3)4)22-11-9-10-12-23(22)35-25(32)28(6)7/h9-16,20H,17-18H2,1-8H3. The van der Waals surface area contributed by atoms with Gasteiger partial charge in [0.25, 0.3) is 0 Å². The maximum absolute atomic E-state index is 13.7. The number of aryl methyl sites for hydroxylation is 1. The summed E-state index contributed by atoms with van der Waals surface area (Å²) in [7, 11) is 0.978. The Morgan fingerprint density at radius 1 is 0.946 bits per heavy atom. The number of amides is 1. The van der Waals surface area contributed by atoms with Crippen molar-refractivity contribution >= 4 is 22.1 Å². The smallest absolute Gasteiger partial charge is 0.414 e. The van der Waals surface area contributed by atoms with Crippen LogP contribution in [0.1, 0.15) is 38.8 Å². The van der Waals surface area contributed by atoms with Crippen molar-refractivity contribution in [1.29, 1.82) is 0 Å². The number of ether oxygens (including phenoxy) is 2. The number of benzene rings is 2. The summed E-state index contributed by atoms with van der Waals surface area (Å²) in [6.45, 7) is 9.53. The third-order valence-electron chi connectivity index (χ3n) is 6.48. The van der Waals surface area contributed by atoms with Gasteiger partial charge in [0.2, 0.25) is 10.0 Å². The van der Waals surface area contributed by atoms with Crippen LogP contribution in [0.5, 0.6) is 5.75 Å². The number of hydrogen-bond donors (Lipinski definition) is 0. The number of carbonyl (C=O) groups excluding carboxylic acids is 2. The molecule has 2 aromatic rings. The molecule has 9 nitrogen and oxygen atoms in total. The van der Waals surface area contributed by atoms with Crippen LogP contribution in [0, 0.1) is 6.92 Å². The highest BCUT2D eigenvalue weighted by Gasteiger charge is 2.52. The highest BCUT2D eigenvalue weighted by molar-refractivity contribution is 7.89. The van der Waals surface area contributed by atoms with Gasteiger partial charge in [-0.25, -0.2) is 18.0 Å². The lowest BCUT2D eigenvalue weighted by Crippen LogP contribution is -2.67. The Labute approximate surface area is 220 Å². The fraction of sp³-hybridized carbons (Fsp3) is 0.481. The van der Waals surface area contributed by atoms with E-state index in [0.717, 1.165) is 5.56 Å². The zero-order chi connectivity index (χ0) is 27.8. The van der Waals surface area contributed by atoms with Crippen molar-refractivity contribution in [2.45, 2.75) is 56.7 Å². The normalized spacial score (nSPS) is 16.6. The minimum Gasteiger partial charge on any atom is -0.458 e. The number of rotatable bonds is 7. The first-order chi connectivity index (χ1) is 17.1. The number of para-hydroxylation sites is 1. The lowest BCUT2D eigenvalue weighted by atomic mass is 9.85. The van der Waals surface area contributed by atoms with Crippen LogP contribution in [0.15, 0.2) is 53.4 Å². The Morgan fingerprint density at radius 2 is 1.51 bits per heavy atom. The molecule has 37 heavy (non-hydrogen) atoms. The second kappa shape index (κ2) is 10.4. The molecule has 0 saturated carbocycles. The number of likely N-dealkylation sites (tertiary alicyclic amines) is 1. The predicted octanol–water partition coefficient (Wildman–Crippen LogP) is 3.62. The van der Waals surface area contributed by atoms with Crippen LogP contribution in [0.4, 0.5) is 4.79 Å². The Bertz CT molecular complexity index is 1250. The van der Waals surface area contributed by atoms with Crippen molar-refractivity contribution in [3.05, 3.63) is 59.7 Å². The summed E-state index contributed by atoms with van der Waals surface area (Å²) in [5.41, 5.74) is -0.662. The minimum atomic E-state index is -3.72. The summed E-state index contributed by atoms with van der Waals surface area (Å²) in [6, 6.07) is 13.2. The molecule has 1 saturated heterocycles. The van der Waals surface area contributed by atoms with Gasteiger partial charge in [0.15, 0.2) is 0 Å². The van der Waals surface area contributed by atoms with Gasteiger partial charge < -0.3 is 14.4 Å². The molecule has 2 aromatic carbocycles. The van der Waals surface area contributed by atoms with Crippen LogP contribution in [0.3, 0.4) is 0 Å². The Hall–Kier alpha value is -2.95. The van der Waals surface area contributed by atoms with Gasteiger partial charge >= 0.3 is 12.1 Å². The van der Waals surface area contributed by atoms with E-state index in [2.05, 4.69) is 0 Å². The molecule has 1 heterocycles. The average molecular weight is 532 g/mol. The molecule has 1 fully saturated rings. The molecule has 0 bridgehead atoms. The van der Waals surface area contributed by atoms with Gasteiger partial charge in [-0.2, -0.15) is 4.31 Å². The Morgan fingerprint density at radius 3 is 2.05 bits per heavy atom. The molecule has 1 aliphatic rings. The van der Waals surface area contributed by atoms with Crippen molar-refractivity contribution in [1.82, 2.24) is 14.1 Å². The van der Waals surface area contributed by atoms with Gasteiger partial charge in [-0.1, -0.05) is 35.9 Å². The van der Waals surface area contributed by atoms with Crippen LogP contribution in [0.25, 0.3) is 0 Å². The highest BCUT2D eigenvalue weighted by Crippen LogP contribution is 2.41. The third-order valence-corrected chi connectivity index (χ3v) is 8.40. The minimum absolute atomic E-state index is 0.217. The third kappa shape index (κ3) is 5.97. The predicted molar refractivity (Wildman–Crippen MR) is 141 cm³/mol. The van der Waals surface area contributed by atoms with E-state index in [-0.39, 0.29) is 29.8 Å². The molecule has 0 aliphatic carbocycles. The van der Waals surface area contributed by atoms with Crippen molar-refractivity contribution in [3.8, 4) is 5.75 Å². The van der Waals surface area contributed by atoms with Crippen molar-refractivity contribution in [2.24, 2.45) is 0 Å². The molecule has 202 valence electrons. The quantitative estimate of drug-likeness (QED) is 0.504. The molecule has 1 amide bonds. The maximum Gasteiger partial charge on any atom is 0.414 e. The molecule has 1 aliphatic heterocycles. The van der Waals surface area contributed by atoms with E-state index in [1.807, 2.05) is 11.8 Å². The second-order valence-electron chi connectivity index (χ2n) is 10.7. The average Bonchev–Trinajstić information content (AvgIpc) is 2.77. The second-order valence-corrected chi connectivity index (χ2v) is 12.7.